The number of rotatable bonds is 1. The molecule has 0 aliphatic heterocycles. The second-order valence-corrected chi connectivity index (χ2v) is 5.30. The van der Waals surface area contributed by atoms with Crippen molar-refractivity contribution in [1.82, 2.24) is 10.2 Å². The molecule has 0 N–H and O–H groups in total. The van der Waals surface area contributed by atoms with Gasteiger partial charge in [-0.3, -0.25) is 0 Å². The van der Waals surface area contributed by atoms with Gasteiger partial charge in [-0.05, 0) is 27.4 Å². The maximum Gasteiger partial charge on any atom is 0.0675 e. The fourth-order valence-electron chi connectivity index (χ4n) is 1.01. The Morgan fingerprint density at radius 2 is 2.00 bits per heavy atom. The molecule has 1 aromatic rings. The summed E-state index contributed by atoms with van der Waals surface area (Å²) in [4.78, 5) is 0. The lowest BCUT2D eigenvalue weighted by Crippen LogP contribution is -2.16. The Morgan fingerprint density at radius 1 is 1.38 bits per heavy atom. The maximum atomic E-state index is 4.13. The van der Waals surface area contributed by atoms with E-state index in [1.807, 2.05) is 6.07 Å². The molecule has 0 aliphatic rings. The topological polar surface area (TPSA) is 25.8 Å². The molecular formula is C10H15BrN2. The van der Waals surface area contributed by atoms with Gasteiger partial charge in [-0.1, -0.05) is 27.7 Å². The predicted molar refractivity (Wildman–Crippen MR) is 57.6 cm³/mol. The molecule has 3 heteroatoms. The zero-order chi connectivity index (χ0) is 10.1. The fourth-order valence-corrected chi connectivity index (χ4v) is 1.34. The van der Waals surface area contributed by atoms with Crippen LogP contribution < -0.4 is 0 Å². The van der Waals surface area contributed by atoms with Crippen molar-refractivity contribution in [3.63, 3.8) is 0 Å². The number of halogens is 1. The minimum absolute atomic E-state index is 0.232. The Labute approximate surface area is 87.9 Å². The highest BCUT2D eigenvalue weighted by Crippen LogP contribution is 2.33. The standard InChI is InChI=1S/C10H15BrN2/c1-7(10(2,3)4)9-5-8(11)6-12-13-9/h5-7H,1-4H3. The molecule has 1 heterocycles. The highest BCUT2D eigenvalue weighted by molar-refractivity contribution is 9.10. The molecule has 72 valence electrons. The van der Waals surface area contributed by atoms with Crippen molar-refractivity contribution >= 4 is 15.9 Å². The Hall–Kier alpha value is -0.440. The van der Waals surface area contributed by atoms with E-state index in [1.165, 1.54) is 0 Å². The van der Waals surface area contributed by atoms with E-state index in [9.17, 15) is 0 Å². The average Bonchev–Trinajstić information content (AvgIpc) is 2.01. The summed E-state index contributed by atoms with van der Waals surface area (Å²) in [5.74, 6) is 0.414. The molecule has 0 bridgehead atoms. The normalized spacial score (nSPS) is 14.2. The zero-order valence-corrected chi connectivity index (χ0v) is 10.1. The zero-order valence-electron chi connectivity index (χ0n) is 8.50. The van der Waals surface area contributed by atoms with Crippen LogP contribution in [0.5, 0.6) is 0 Å². The van der Waals surface area contributed by atoms with Crippen molar-refractivity contribution < 1.29 is 0 Å². The first-order chi connectivity index (χ1) is 5.91. The molecule has 0 saturated carbocycles. The van der Waals surface area contributed by atoms with Crippen LogP contribution in [0.1, 0.15) is 39.3 Å². The molecule has 0 saturated heterocycles. The molecule has 13 heavy (non-hydrogen) atoms. The van der Waals surface area contributed by atoms with Gasteiger partial charge >= 0.3 is 0 Å². The van der Waals surface area contributed by atoms with E-state index < -0.39 is 0 Å². The molecule has 1 unspecified atom stereocenters. The van der Waals surface area contributed by atoms with Crippen LogP contribution in [0.25, 0.3) is 0 Å². The third-order valence-corrected chi connectivity index (χ3v) is 2.82. The number of hydrogen-bond donors (Lipinski definition) is 0. The molecule has 0 fully saturated rings. The smallest absolute Gasteiger partial charge is 0.0675 e. The van der Waals surface area contributed by atoms with Crippen molar-refractivity contribution in [1.29, 1.82) is 0 Å². The molecule has 0 aliphatic carbocycles. The summed E-state index contributed by atoms with van der Waals surface area (Å²) < 4.78 is 0.994. The molecule has 0 radical (unpaired) electrons. The van der Waals surface area contributed by atoms with Gasteiger partial charge in [0.25, 0.3) is 0 Å². The van der Waals surface area contributed by atoms with Gasteiger partial charge in [-0.25, -0.2) is 0 Å². The van der Waals surface area contributed by atoms with E-state index in [0.717, 1.165) is 10.2 Å². The molecule has 0 amide bonds. The summed E-state index contributed by atoms with van der Waals surface area (Å²) in [6.45, 7) is 8.80. The summed E-state index contributed by atoms with van der Waals surface area (Å²) in [5, 5.41) is 8.05. The third kappa shape index (κ3) is 2.76. The lowest BCUT2D eigenvalue weighted by atomic mass is 9.80. The molecular weight excluding hydrogens is 228 g/mol. The molecule has 1 atom stereocenters. The van der Waals surface area contributed by atoms with Crippen LogP contribution in [-0.4, -0.2) is 10.2 Å². The molecule has 0 aromatic carbocycles. The predicted octanol–water partition coefficient (Wildman–Crippen LogP) is 3.39. The van der Waals surface area contributed by atoms with E-state index in [1.54, 1.807) is 6.20 Å². The molecule has 1 aromatic heterocycles. The first kappa shape index (κ1) is 10.6. The van der Waals surface area contributed by atoms with Gasteiger partial charge in [-0.2, -0.15) is 10.2 Å². The molecule has 2 nitrogen and oxygen atoms in total. The van der Waals surface area contributed by atoms with E-state index in [-0.39, 0.29) is 5.41 Å². The Balaban J connectivity index is 2.96. The monoisotopic (exact) mass is 242 g/mol. The van der Waals surface area contributed by atoms with Crippen LogP contribution in [0, 0.1) is 5.41 Å². The largest absolute Gasteiger partial charge is 0.158 e. The van der Waals surface area contributed by atoms with Crippen molar-refractivity contribution in [2.24, 2.45) is 5.41 Å². The van der Waals surface area contributed by atoms with Crippen LogP contribution in [0.15, 0.2) is 16.7 Å². The second-order valence-electron chi connectivity index (χ2n) is 4.39. The van der Waals surface area contributed by atoms with E-state index in [4.69, 9.17) is 0 Å². The third-order valence-electron chi connectivity index (χ3n) is 2.38. The van der Waals surface area contributed by atoms with Crippen molar-refractivity contribution in [2.75, 3.05) is 0 Å². The van der Waals surface area contributed by atoms with Gasteiger partial charge in [0.1, 0.15) is 0 Å². The van der Waals surface area contributed by atoms with Crippen molar-refractivity contribution in [2.45, 2.75) is 33.6 Å². The lowest BCUT2D eigenvalue weighted by molar-refractivity contribution is 0.332. The van der Waals surface area contributed by atoms with Crippen LogP contribution in [0.2, 0.25) is 0 Å². The quantitative estimate of drug-likeness (QED) is 0.755. The summed E-state index contributed by atoms with van der Waals surface area (Å²) in [7, 11) is 0. The highest BCUT2D eigenvalue weighted by atomic mass is 79.9. The minimum Gasteiger partial charge on any atom is -0.158 e. The van der Waals surface area contributed by atoms with Gasteiger partial charge in [0.15, 0.2) is 0 Å². The van der Waals surface area contributed by atoms with Gasteiger partial charge in [0, 0.05) is 10.4 Å². The van der Waals surface area contributed by atoms with Crippen molar-refractivity contribution in [3.8, 4) is 0 Å². The van der Waals surface area contributed by atoms with Crippen LogP contribution in [0.3, 0.4) is 0 Å². The van der Waals surface area contributed by atoms with Crippen LogP contribution >= 0.6 is 15.9 Å². The summed E-state index contributed by atoms with van der Waals surface area (Å²) in [6, 6.07) is 2.03. The highest BCUT2D eigenvalue weighted by Gasteiger charge is 2.23. The number of nitrogens with zero attached hydrogens (tertiary/aromatic N) is 2. The Bertz CT molecular complexity index is 291. The summed E-state index contributed by atoms with van der Waals surface area (Å²) >= 11 is 3.39. The van der Waals surface area contributed by atoms with Gasteiger partial charge in [-0.15, -0.1) is 0 Å². The molecule has 1 rings (SSSR count). The second kappa shape index (κ2) is 3.74. The SMILES string of the molecule is CC(c1cc(Br)cnn1)C(C)(C)C. The Kier molecular flexibility index (Phi) is 3.06. The van der Waals surface area contributed by atoms with Gasteiger partial charge in [0.2, 0.25) is 0 Å². The van der Waals surface area contributed by atoms with E-state index in [0.29, 0.717) is 5.92 Å². The number of hydrogen-bond acceptors (Lipinski definition) is 2. The van der Waals surface area contributed by atoms with E-state index in [2.05, 4.69) is 53.8 Å². The Morgan fingerprint density at radius 3 is 2.46 bits per heavy atom. The maximum absolute atomic E-state index is 4.13. The van der Waals surface area contributed by atoms with Gasteiger partial charge < -0.3 is 0 Å². The summed E-state index contributed by atoms with van der Waals surface area (Å²) in [6.07, 6.45) is 1.71. The fraction of sp³-hybridized carbons (Fsp3) is 0.600. The van der Waals surface area contributed by atoms with Crippen LogP contribution in [0.4, 0.5) is 0 Å². The van der Waals surface area contributed by atoms with E-state index >= 15 is 0 Å². The first-order valence-corrected chi connectivity index (χ1v) is 5.18. The lowest BCUT2D eigenvalue weighted by Gasteiger charge is -2.26. The van der Waals surface area contributed by atoms with Crippen LogP contribution in [-0.2, 0) is 0 Å². The minimum atomic E-state index is 0.232. The average molecular weight is 243 g/mol. The van der Waals surface area contributed by atoms with Gasteiger partial charge in [0.05, 0.1) is 11.9 Å². The van der Waals surface area contributed by atoms with Crippen molar-refractivity contribution in [3.05, 3.63) is 22.4 Å². The number of aromatic nitrogens is 2. The molecule has 0 spiro atoms. The summed E-state index contributed by atoms with van der Waals surface area (Å²) in [5.41, 5.74) is 1.28. The first-order valence-electron chi connectivity index (χ1n) is 4.39.